The van der Waals surface area contributed by atoms with Gasteiger partial charge in [0.1, 0.15) is 0 Å². The quantitative estimate of drug-likeness (QED) is 0.799. The van der Waals surface area contributed by atoms with Gasteiger partial charge in [0.2, 0.25) is 5.91 Å². The summed E-state index contributed by atoms with van der Waals surface area (Å²) < 4.78 is 5.84. The van der Waals surface area contributed by atoms with E-state index in [9.17, 15) is 4.79 Å². The van der Waals surface area contributed by atoms with E-state index in [4.69, 9.17) is 4.74 Å². The molecule has 2 heterocycles. The summed E-state index contributed by atoms with van der Waals surface area (Å²) in [5, 5.41) is 3.38. The number of carbonyl (C=O) groups is 1. The third-order valence-electron chi connectivity index (χ3n) is 4.62. The van der Waals surface area contributed by atoms with Crippen molar-refractivity contribution in [2.45, 2.75) is 63.1 Å². The number of ether oxygens (including phenoxy) is 1. The van der Waals surface area contributed by atoms with Crippen LogP contribution >= 0.6 is 12.4 Å². The van der Waals surface area contributed by atoms with Crippen molar-refractivity contribution in [1.29, 1.82) is 0 Å². The highest BCUT2D eigenvalue weighted by atomic mass is 35.5. The maximum atomic E-state index is 12.6. The molecule has 1 aliphatic carbocycles. The van der Waals surface area contributed by atoms with E-state index in [1.54, 1.807) is 0 Å². The molecule has 1 saturated carbocycles. The number of morpholine rings is 1. The van der Waals surface area contributed by atoms with Crippen LogP contribution in [0.15, 0.2) is 0 Å². The standard InChI is InChI=1S/C14H24N2O2.ClH/c17-14(11-5-3-4-8-15-11)16-9-10-18-13-7-2-1-6-12(13)16;/h11-13,15H,1-10H2;1H/t11-,12?,13?;/m0./s1. The molecule has 3 fully saturated rings. The first kappa shape index (κ1) is 15.1. The Bertz CT molecular complexity index is 306. The lowest BCUT2D eigenvalue weighted by Crippen LogP contribution is -2.59. The summed E-state index contributed by atoms with van der Waals surface area (Å²) in [7, 11) is 0. The Morgan fingerprint density at radius 1 is 1.11 bits per heavy atom. The molecule has 2 unspecified atom stereocenters. The van der Waals surface area contributed by atoms with Crippen molar-refractivity contribution in [3.05, 3.63) is 0 Å². The Morgan fingerprint density at radius 2 is 1.89 bits per heavy atom. The molecule has 19 heavy (non-hydrogen) atoms. The first-order valence-corrected chi connectivity index (χ1v) is 7.52. The average molecular weight is 289 g/mol. The lowest BCUT2D eigenvalue weighted by atomic mass is 9.89. The number of halogens is 1. The van der Waals surface area contributed by atoms with E-state index in [2.05, 4.69) is 10.2 Å². The molecule has 5 heteroatoms. The van der Waals surface area contributed by atoms with Gasteiger partial charge < -0.3 is 15.0 Å². The number of hydrogen-bond donors (Lipinski definition) is 1. The summed E-state index contributed by atoms with van der Waals surface area (Å²) in [6.07, 6.45) is 8.46. The van der Waals surface area contributed by atoms with Crippen molar-refractivity contribution in [3.63, 3.8) is 0 Å². The first-order valence-electron chi connectivity index (χ1n) is 7.52. The van der Waals surface area contributed by atoms with E-state index in [0.29, 0.717) is 18.1 Å². The molecule has 0 bridgehead atoms. The first-order chi connectivity index (χ1) is 8.86. The maximum absolute atomic E-state index is 12.6. The van der Waals surface area contributed by atoms with Gasteiger partial charge >= 0.3 is 0 Å². The molecule has 0 aromatic heterocycles. The Kier molecular flexibility index (Phi) is 5.48. The van der Waals surface area contributed by atoms with Gasteiger partial charge in [-0.05, 0) is 32.2 Å². The van der Waals surface area contributed by atoms with Gasteiger partial charge in [0, 0.05) is 6.54 Å². The summed E-state index contributed by atoms with van der Waals surface area (Å²) in [5.74, 6) is 0.329. The van der Waals surface area contributed by atoms with Crippen molar-refractivity contribution in [2.75, 3.05) is 19.7 Å². The van der Waals surface area contributed by atoms with Crippen LogP contribution in [0.3, 0.4) is 0 Å². The average Bonchev–Trinajstić information content (AvgIpc) is 2.47. The van der Waals surface area contributed by atoms with Crippen LogP contribution < -0.4 is 5.32 Å². The molecule has 1 amide bonds. The van der Waals surface area contributed by atoms with E-state index in [0.717, 1.165) is 39.0 Å². The number of nitrogens with zero attached hydrogens (tertiary/aromatic N) is 1. The van der Waals surface area contributed by atoms with Crippen LogP contribution in [-0.4, -0.2) is 48.7 Å². The number of amides is 1. The van der Waals surface area contributed by atoms with Crippen LogP contribution in [0.25, 0.3) is 0 Å². The van der Waals surface area contributed by atoms with Crippen LogP contribution in [0.1, 0.15) is 44.9 Å². The largest absolute Gasteiger partial charge is 0.374 e. The van der Waals surface area contributed by atoms with Gasteiger partial charge in [0.25, 0.3) is 0 Å². The number of hydrogen-bond acceptors (Lipinski definition) is 3. The summed E-state index contributed by atoms with van der Waals surface area (Å²) in [5.41, 5.74) is 0. The monoisotopic (exact) mass is 288 g/mol. The summed E-state index contributed by atoms with van der Waals surface area (Å²) in [4.78, 5) is 14.7. The third kappa shape index (κ3) is 3.23. The molecule has 1 N–H and O–H groups in total. The Balaban J connectivity index is 0.00000133. The molecular formula is C14H25ClN2O2. The molecule has 110 valence electrons. The minimum atomic E-state index is 0. The van der Waals surface area contributed by atoms with Crippen molar-refractivity contribution in [3.8, 4) is 0 Å². The van der Waals surface area contributed by atoms with E-state index in [1.807, 2.05) is 0 Å². The van der Waals surface area contributed by atoms with E-state index in [1.165, 1.54) is 25.7 Å². The maximum Gasteiger partial charge on any atom is 0.240 e. The fourth-order valence-corrected chi connectivity index (χ4v) is 3.63. The van der Waals surface area contributed by atoms with Gasteiger partial charge in [-0.3, -0.25) is 4.79 Å². The fraction of sp³-hybridized carbons (Fsp3) is 0.929. The zero-order valence-electron chi connectivity index (χ0n) is 11.5. The van der Waals surface area contributed by atoms with Crippen LogP contribution in [0, 0.1) is 0 Å². The smallest absolute Gasteiger partial charge is 0.240 e. The van der Waals surface area contributed by atoms with Crippen LogP contribution in [0.2, 0.25) is 0 Å². The number of rotatable bonds is 1. The number of piperidine rings is 1. The number of fused-ring (bicyclic) bond motifs is 1. The Morgan fingerprint density at radius 3 is 2.68 bits per heavy atom. The Hall–Kier alpha value is -0.320. The van der Waals surface area contributed by atoms with Crippen LogP contribution in [0.5, 0.6) is 0 Å². The van der Waals surface area contributed by atoms with E-state index >= 15 is 0 Å². The SMILES string of the molecule is Cl.O=C([C@@H]1CCCCN1)N1CCOC2CCCCC21. The molecule has 2 saturated heterocycles. The minimum absolute atomic E-state index is 0. The lowest BCUT2D eigenvalue weighted by Gasteiger charge is -2.45. The second-order valence-corrected chi connectivity index (χ2v) is 5.80. The topological polar surface area (TPSA) is 41.6 Å². The molecule has 4 nitrogen and oxygen atoms in total. The molecule has 0 radical (unpaired) electrons. The summed E-state index contributed by atoms with van der Waals surface area (Å²) in [6.45, 7) is 2.51. The van der Waals surface area contributed by atoms with Gasteiger partial charge in [-0.1, -0.05) is 19.3 Å². The lowest BCUT2D eigenvalue weighted by molar-refractivity contribution is -0.152. The molecule has 0 aromatic rings. The highest BCUT2D eigenvalue weighted by Gasteiger charge is 2.38. The highest BCUT2D eigenvalue weighted by Crippen LogP contribution is 2.29. The van der Waals surface area contributed by atoms with Gasteiger partial charge in [-0.25, -0.2) is 0 Å². The van der Waals surface area contributed by atoms with Gasteiger partial charge in [-0.2, -0.15) is 0 Å². The van der Waals surface area contributed by atoms with Crippen molar-refractivity contribution >= 4 is 18.3 Å². The minimum Gasteiger partial charge on any atom is -0.374 e. The van der Waals surface area contributed by atoms with Gasteiger partial charge in [-0.15, -0.1) is 12.4 Å². The predicted octanol–water partition coefficient (Wildman–Crippen LogP) is 1.72. The molecular weight excluding hydrogens is 264 g/mol. The molecule has 3 atom stereocenters. The predicted molar refractivity (Wildman–Crippen MR) is 76.6 cm³/mol. The second kappa shape index (κ2) is 6.91. The Labute approximate surface area is 121 Å². The van der Waals surface area contributed by atoms with E-state index in [-0.39, 0.29) is 18.4 Å². The number of carbonyl (C=O) groups excluding carboxylic acids is 1. The number of nitrogens with one attached hydrogen (secondary N) is 1. The van der Waals surface area contributed by atoms with Crippen LogP contribution in [0.4, 0.5) is 0 Å². The zero-order chi connectivity index (χ0) is 12.4. The van der Waals surface area contributed by atoms with Gasteiger partial charge in [0.05, 0.1) is 24.8 Å². The van der Waals surface area contributed by atoms with Crippen molar-refractivity contribution in [1.82, 2.24) is 10.2 Å². The molecule has 0 aromatic carbocycles. The second-order valence-electron chi connectivity index (χ2n) is 5.80. The van der Waals surface area contributed by atoms with Gasteiger partial charge in [0.15, 0.2) is 0 Å². The zero-order valence-corrected chi connectivity index (χ0v) is 12.3. The summed E-state index contributed by atoms with van der Waals surface area (Å²) in [6, 6.07) is 0.420. The molecule has 2 aliphatic heterocycles. The third-order valence-corrected chi connectivity index (χ3v) is 4.62. The fourth-order valence-electron chi connectivity index (χ4n) is 3.63. The van der Waals surface area contributed by atoms with Crippen molar-refractivity contribution < 1.29 is 9.53 Å². The normalized spacial score (nSPS) is 35.2. The molecule has 0 spiro atoms. The van der Waals surface area contributed by atoms with Crippen molar-refractivity contribution in [2.24, 2.45) is 0 Å². The van der Waals surface area contributed by atoms with Crippen LogP contribution in [-0.2, 0) is 9.53 Å². The molecule has 3 aliphatic rings. The summed E-state index contributed by atoms with van der Waals surface area (Å²) >= 11 is 0. The molecule has 3 rings (SSSR count). The van der Waals surface area contributed by atoms with E-state index < -0.39 is 0 Å². The highest BCUT2D eigenvalue weighted by molar-refractivity contribution is 5.85.